The number of hydrogen-bond donors (Lipinski definition) is 1. The van der Waals surface area contributed by atoms with Crippen LogP contribution in [0.1, 0.15) is 36.0 Å². The second-order valence-electron chi connectivity index (χ2n) is 5.96. The molecule has 0 radical (unpaired) electrons. The van der Waals surface area contributed by atoms with Gasteiger partial charge in [0.15, 0.2) is 5.75 Å². The molecule has 0 aromatic heterocycles. The average Bonchev–Trinajstić information content (AvgIpc) is 3.07. The van der Waals surface area contributed by atoms with E-state index in [2.05, 4.69) is 0 Å². The van der Waals surface area contributed by atoms with Crippen molar-refractivity contribution in [2.24, 2.45) is 17.8 Å². The lowest BCUT2D eigenvalue weighted by atomic mass is 9.89. The van der Waals surface area contributed by atoms with Gasteiger partial charge in [-0.1, -0.05) is 12.5 Å². The molecule has 2 aliphatic rings. The molecule has 20 heavy (non-hydrogen) atoms. The molecule has 0 heterocycles. The molecule has 0 aliphatic heterocycles. The van der Waals surface area contributed by atoms with Crippen LogP contribution in [0.15, 0.2) is 18.2 Å². The number of fused-ring (bicyclic) bond motifs is 2. The van der Waals surface area contributed by atoms with E-state index >= 15 is 0 Å². The highest BCUT2D eigenvalue weighted by molar-refractivity contribution is 5.94. The van der Waals surface area contributed by atoms with Crippen LogP contribution < -0.4 is 10.5 Å². The van der Waals surface area contributed by atoms with E-state index in [0.29, 0.717) is 29.5 Å². The van der Waals surface area contributed by atoms with Crippen molar-refractivity contribution in [3.8, 4) is 5.75 Å². The minimum atomic E-state index is -0.336. The first-order chi connectivity index (χ1) is 9.69. The number of methoxy groups -OCH3 is 1. The van der Waals surface area contributed by atoms with E-state index in [0.717, 1.165) is 11.8 Å². The normalized spacial score (nSPS) is 27.6. The molecule has 1 aromatic carbocycles. The fraction of sp³-hybridized carbons (Fsp3) is 0.562. The van der Waals surface area contributed by atoms with Crippen LogP contribution >= 0.6 is 0 Å². The van der Waals surface area contributed by atoms with Crippen LogP contribution in [0.5, 0.6) is 5.75 Å². The van der Waals surface area contributed by atoms with Crippen molar-refractivity contribution in [2.75, 3.05) is 19.5 Å². The number of nitrogen functional groups attached to an aromatic ring is 1. The number of para-hydroxylation sites is 1. The van der Waals surface area contributed by atoms with E-state index in [1.165, 1.54) is 32.8 Å². The van der Waals surface area contributed by atoms with Crippen LogP contribution in [0, 0.1) is 17.8 Å². The Hall–Kier alpha value is -1.71. The summed E-state index contributed by atoms with van der Waals surface area (Å²) in [6.45, 7) is 0.526. The number of carbonyl (C=O) groups excluding carboxylic acids is 1. The highest BCUT2D eigenvalue weighted by Gasteiger charge is 2.40. The Labute approximate surface area is 119 Å². The molecule has 2 aliphatic carbocycles. The second kappa shape index (κ2) is 5.35. The number of hydrogen-bond acceptors (Lipinski definition) is 4. The maximum atomic E-state index is 12.2. The summed E-state index contributed by atoms with van der Waals surface area (Å²) in [5.41, 5.74) is 6.68. The van der Waals surface area contributed by atoms with Crippen LogP contribution in [-0.2, 0) is 4.74 Å². The molecule has 4 nitrogen and oxygen atoms in total. The van der Waals surface area contributed by atoms with Gasteiger partial charge in [0.05, 0.1) is 19.4 Å². The topological polar surface area (TPSA) is 61.5 Å². The molecule has 3 atom stereocenters. The Balaban J connectivity index is 1.63. The minimum Gasteiger partial charge on any atom is -0.494 e. The lowest BCUT2D eigenvalue weighted by Crippen LogP contribution is -2.19. The molecule has 4 heteroatoms. The van der Waals surface area contributed by atoms with Crippen molar-refractivity contribution < 1.29 is 14.3 Å². The van der Waals surface area contributed by atoms with Crippen LogP contribution in [0.4, 0.5) is 5.69 Å². The number of esters is 1. The Kier molecular flexibility index (Phi) is 3.55. The number of rotatable bonds is 4. The molecule has 108 valence electrons. The summed E-state index contributed by atoms with van der Waals surface area (Å²) in [6.07, 6.45) is 5.20. The summed E-state index contributed by atoms with van der Waals surface area (Å²) in [5.74, 6) is 2.24. The molecule has 0 saturated heterocycles. The zero-order valence-corrected chi connectivity index (χ0v) is 11.8. The molecule has 2 bridgehead atoms. The monoisotopic (exact) mass is 275 g/mol. The van der Waals surface area contributed by atoms with Gasteiger partial charge in [0.2, 0.25) is 0 Å². The first-order valence-corrected chi connectivity index (χ1v) is 7.28. The van der Waals surface area contributed by atoms with E-state index in [1.54, 1.807) is 18.2 Å². The Bertz CT molecular complexity index is 514. The van der Waals surface area contributed by atoms with Crippen molar-refractivity contribution in [1.29, 1.82) is 0 Å². The van der Waals surface area contributed by atoms with Gasteiger partial charge in [-0.15, -0.1) is 0 Å². The summed E-state index contributed by atoms with van der Waals surface area (Å²) in [7, 11) is 1.51. The zero-order valence-electron chi connectivity index (χ0n) is 11.8. The molecule has 2 N–H and O–H groups in total. The van der Waals surface area contributed by atoms with E-state index in [-0.39, 0.29) is 5.97 Å². The summed E-state index contributed by atoms with van der Waals surface area (Å²) in [5, 5.41) is 0. The van der Waals surface area contributed by atoms with Gasteiger partial charge < -0.3 is 15.2 Å². The van der Waals surface area contributed by atoms with Crippen LogP contribution in [0.25, 0.3) is 0 Å². The molecular weight excluding hydrogens is 254 g/mol. The lowest BCUT2D eigenvalue weighted by Gasteiger charge is -2.21. The van der Waals surface area contributed by atoms with Crippen LogP contribution in [0.2, 0.25) is 0 Å². The van der Waals surface area contributed by atoms with Crippen molar-refractivity contribution >= 4 is 11.7 Å². The largest absolute Gasteiger partial charge is 0.494 e. The molecule has 3 rings (SSSR count). The summed E-state index contributed by atoms with van der Waals surface area (Å²) < 4.78 is 10.7. The van der Waals surface area contributed by atoms with E-state index in [1.807, 2.05) is 0 Å². The smallest absolute Gasteiger partial charge is 0.342 e. The predicted molar refractivity (Wildman–Crippen MR) is 76.6 cm³/mol. The molecule has 2 saturated carbocycles. The number of benzene rings is 1. The van der Waals surface area contributed by atoms with Crippen molar-refractivity contribution in [3.63, 3.8) is 0 Å². The third-order valence-corrected chi connectivity index (χ3v) is 4.78. The Morgan fingerprint density at radius 1 is 1.35 bits per heavy atom. The van der Waals surface area contributed by atoms with Crippen LogP contribution in [-0.4, -0.2) is 19.7 Å². The van der Waals surface area contributed by atoms with E-state index < -0.39 is 0 Å². The molecular formula is C16H21NO3. The van der Waals surface area contributed by atoms with Crippen molar-refractivity contribution in [1.82, 2.24) is 0 Å². The standard InChI is InChI=1S/C16H21NO3/c1-19-15-13(3-2-4-14(15)17)16(18)20-9-12-8-10-5-6-11(12)7-10/h2-4,10-12H,5-9,17H2,1H3. The van der Waals surface area contributed by atoms with Gasteiger partial charge in [0.1, 0.15) is 5.56 Å². The number of ether oxygens (including phenoxy) is 2. The third-order valence-electron chi connectivity index (χ3n) is 4.78. The zero-order chi connectivity index (χ0) is 14.1. The highest BCUT2D eigenvalue weighted by atomic mass is 16.5. The van der Waals surface area contributed by atoms with Gasteiger partial charge in [0.25, 0.3) is 0 Å². The van der Waals surface area contributed by atoms with Gasteiger partial charge >= 0.3 is 5.97 Å². The SMILES string of the molecule is COc1c(N)cccc1C(=O)OCC1CC2CCC1C2. The van der Waals surface area contributed by atoms with Crippen molar-refractivity contribution in [3.05, 3.63) is 23.8 Å². The first kappa shape index (κ1) is 13.3. The fourth-order valence-corrected chi connectivity index (χ4v) is 3.78. The Morgan fingerprint density at radius 3 is 2.85 bits per heavy atom. The maximum Gasteiger partial charge on any atom is 0.342 e. The maximum absolute atomic E-state index is 12.2. The fourth-order valence-electron chi connectivity index (χ4n) is 3.78. The number of carbonyl (C=O) groups is 1. The van der Waals surface area contributed by atoms with Crippen molar-refractivity contribution in [2.45, 2.75) is 25.7 Å². The number of anilines is 1. The molecule has 2 fully saturated rings. The first-order valence-electron chi connectivity index (χ1n) is 7.28. The number of nitrogens with two attached hydrogens (primary N) is 1. The molecule has 0 spiro atoms. The summed E-state index contributed by atoms with van der Waals surface area (Å²) in [4.78, 5) is 12.2. The quantitative estimate of drug-likeness (QED) is 0.678. The highest BCUT2D eigenvalue weighted by Crippen LogP contribution is 2.48. The Morgan fingerprint density at radius 2 is 2.20 bits per heavy atom. The molecule has 0 amide bonds. The summed E-state index contributed by atoms with van der Waals surface area (Å²) >= 11 is 0. The van der Waals surface area contributed by atoms with Gasteiger partial charge in [-0.2, -0.15) is 0 Å². The molecule has 1 aromatic rings. The minimum absolute atomic E-state index is 0.336. The van der Waals surface area contributed by atoms with Gasteiger partial charge in [0, 0.05) is 0 Å². The summed E-state index contributed by atoms with van der Waals surface area (Å²) in [6, 6.07) is 5.15. The lowest BCUT2D eigenvalue weighted by molar-refractivity contribution is 0.0391. The predicted octanol–water partition coefficient (Wildman–Crippen LogP) is 2.87. The molecule has 3 unspecified atom stereocenters. The second-order valence-corrected chi connectivity index (χ2v) is 5.96. The van der Waals surface area contributed by atoms with Gasteiger partial charge in [-0.25, -0.2) is 4.79 Å². The third kappa shape index (κ3) is 2.35. The van der Waals surface area contributed by atoms with Gasteiger partial charge in [-0.3, -0.25) is 0 Å². The van der Waals surface area contributed by atoms with E-state index in [4.69, 9.17) is 15.2 Å². The van der Waals surface area contributed by atoms with Gasteiger partial charge in [-0.05, 0) is 49.1 Å². The van der Waals surface area contributed by atoms with Crippen LogP contribution in [0.3, 0.4) is 0 Å². The average molecular weight is 275 g/mol. The van der Waals surface area contributed by atoms with E-state index in [9.17, 15) is 4.79 Å².